The lowest BCUT2D eigenvalue weighted by Gasteiger charge is -2.10. The first-order valence-corrected chi connectivity index (χ1v) is 6.07. The van der Waals surface area contributed by atoms with Gasteiger partial charge in [-0.05, 0) is 27.6 Å². The van der Waals surface area contributed by atoms with Crippen molar-refractivity contribution < 1.29 is 14.5 Å². The van der Waals surface area contributed by atoms with E-state index in [-0.39, 0.29) is 10.2 Å². The Kier molecular flexibility index (Phi) is 3.36. The molecule has 0 aromatic heterocycles. The second-order valence-corrected chi connectivity index (χ2v) is 5.03. The first-order chi connectivity index (χ1) is 8.41. The normalized spacial score (nSPS) is 23.0. The monoisotopic (exact) mass is 332 g/mol. The fourth-order valence-corrected chi connectivity index (χ4v) is 2.59. The molecule has 1 N–H and O–H groups in total. The van der Waals surface area contributed by atoms with E-state index in [4.69, 9.17) is 11.6 Å². The van der Waals surface area contributed by atoms with Gasteiger partial charge in [-0.15, -0.1) is 11.6 Å². The van der Waals surface area contributed by atoms with Crippen molar-refractivity contribution in [3.63, 3.8) is 0 Å². The third-order valence-corrected chi connectivity index (χ3v) is 3.68. The zero-order valence-corrected chi connectivity index (χ0v) is 11.1. The minimum absolute atomic E-state index is 0.116. The van der Waals surface area contributed by atoms with Gasteiger partial charge < -0.3 is 0 Å². The van der Waals surface area contributed by atoms with Crippen LogP contribution >= 0.6 is 27.5 Å². The van der Waals surface area contributed by atoms with E-state index in [9.17, 15) is 19.7 Å². The molecule has 0 radical (unpaired) electrons. The molecule has 1 aromatic rings. The zero-order valence-electron chi connectivity index (χ0n) is 8.72. The van der Waals surface area contributed by atoms with Crippen molar-refractivity contribution in [3.8, 4) is 0 Å². The zero-order chi connectivity index (χ0) is 13.4. The van der Waals surface area contributed by atoms with E-state index in [1.807, 2.05) is 0 Å². The van der Waals surface area contributed by atoms with E-state index < -0.39 is 28.0 Å². The molecular formula is C10H6BrClN2O4. The number of amides is 2. The molecule has 1 aliphatic heterocycles. The minimum atomic E-state index is -0.995. The maximum absolute atomic E-state index is 11.6. The number of rotatable bonds is 2. The van der Waals surface area contributed by atoms with Gasteiger partial charge in [-0.3, -0.25) is 25.0 Å². The summed E-state index contributed by atoms with van der Waals surface area (Å²) in [5.41, 5.74) is 0.338. The lowest BCUT2D eigenvalue weighted by molar-refractivity contribution is -0.385. The van der Waals surface area contributed by atoms with Gasteiger partial charge >= 0.3 is 0 Å². The number of hydrogen-bond donors (Lipinski definition) is 1. The van der Waals surface area contributed by atoms with Crippen molar-refractivity contribution in [2.45, 2.75) is 11.3 Å². The van der Waals surface area contributed by atoms with Crippen molar-refractivity contribution in [2.24, 2.45) is 0 Å². The largest absolute Gasteiger partial charge is 0.295 e. The van der Waals surface area contributed by atoms with Crippen LogP contribution < -0.4 is 5.32 Å². The molecule has 0 aliphatic carbocycles. The first kappa shape index (κ1) is 13.0. The SMILES string of the molecule is O=C1NC(=O)C(c2ccc([N+](=O)[O-])c(Br)c2)C1Cl. The third kappa shape index (κ3) is 2.11. The Labute approximate surface area is 115 Å². The molecule has 1 aliphatic rings. The van der Waals surface area contributed by atoms with Crippen LogP contribution in [0.5, 0.6) is 0 Å². The summed E-state index contributed by atoms with van der Waals surface area (Å²) < 4.78 is 0.237. The fourth-order valence-electron chi connectivity index (χ4n) is 1.74. The summed E-state index contributed by atoms with van der Waals surface area (Å²) in [7, 11) is 0. The number of carbonyl (C=O) groups excluding carboxylic acids is 2. The van der Waals surface area contributed by atoms with Gasteiger partial charge in [0.05, 0.1) is 15.3 Å². The number of hydrogen-bond acceptors (Lipinski definition) is 4. The highest BCUT2D eigenvalue weighted by atomic mass is 79.9. The highest BCUT2D eigenvalue weighted by Crippen LogP contribution is 2.33. The van der Waals surface area contributed by atoms with E-state index in [0.717, 1.165) is 0 Å². The number of benzene rings is 1. The Morgan fingerprint density at radius 3 is 2.44 bits per heavy atom. The maximum Gasteiger partial charge on any atom is 0.283 e. The number of halogens is 2. The molecule has 1 heterocycles. The third-order valence-electron chi connectivity index (χ3n) is 2.60. The summed E-state index contributed by atoms with van der Waals surface area (Å²) in [6, 6.07) is 4.11. The smallest absolute Gasteiger partial charge is 0.283 e. The summed E-state index contributed by atoms with van der Waals surface area (Å²) in [6.45, 7) is 0. The summed E-state index contributed by atoms with van der Waals surface area (Å²) >= 11 is 8.88. The van der Waals surface area contributed by atoms with Crippen LogP contribution in [0.15, 0.2) is 22.7 Å². The number of carbonyl (C=O) groups is 2. The first-order valence-electron chi connectivity index (χ1n) is 4.84. The summed E-state index contributed by atoms with van der Waals surface area (Å²) in [5, 5.41) is 11.8. The van der Waals surface area contributed by atoms with Crippen molar-refractivity contribution in [1.82, 2.24) is 5.32 Å². The van der Waals surface area contributed by atoms with E-state index in [2.05, 4.69) is 21.2 Å². The topological polar surface area (TPSA) is 89.3 Å². The Hall–Kier alpha value is -1.47. The van der Waals surface area contributed by atoms with Gasteiger partial charge in [-0.25, -0.2) is 0 Å². The van der Waals surface area contributed by atoms with E-state index >= 15 is 0 Å². The van der Waals surface area contributed by atoms with Gasteiger partial charge in [0.2, 0.25) is 11.8 Å². The molecule has 1 fully saturated rings. The van der Waals surface area contributed by atoms with Crippen molar-refractivity contribution in [2.75, 3.05) is 0 Å². The van der Waals surface area contributed by atoms with Crippen LogP contribution in [0, 0.1) is 10.1 Å². The predicted octanol–water partition coefficient (Wildman–Crippen LogP) is 1.70. The van der Waals surface area contributed by atoms with Gasteiger partial charge in [-0.2, -0.15) is 0 Å². The lowest BCUT2D eigenvalue weighted by Crippen LogP contribution is -2.22. The number of nitro benzene ring substituents is 1. The Balaban J connectivity index is 2.41. The number of alkyl halides is 1. The Morgan fingerprint density at radius 1 is 1.33 bits per heavy atom. The minimum Gasteiger partial charge on any atom is -0.295 e. The van der Waals surface area contributed by atoms with Crippen LogP contribution in [-0.4, -0.2) is 22.1 Å². The summed E-state index contributed by atoms with van der Waals surface area (Å²) in [6.07, 6.45) is 0. The van der Waals surface area contributed by atoms with E-state index in [1.54, 1.807) is 0 Å². The molecule has 2 amide bonds. The van der Waals surface area contributed by atoms with Gasteiger partial charge in [0, 0.05) is 6.07 Å². The number of imide groups is 1. The molecule has 0 saturated carbocycles. The predicted molar refractivity (Wildman–Crippen MR) is 66.3 cm³/mol. The van der Waals surface area contributed by atoms with Crippen molar-refractivity contribution >= 4 is 45.0 Å². The second kappa shape index (κ2) is 4.66. The molecule has 1 saturated heterocycles. The molecule has 0 bridgehead atoms. The van der Waals surface area contributed by atoms with Crippen LogP contribution in [0.3, 0.4) is 0 Å². The standard InChI is InChI=1S/C10H6BrClN2O4/c11-5-3-4(1-2-6(5)14(17)18)7-8(12)10(16)13-9(7)15/h1-3,7-8H,(H,13,15,16). The van der Waals surface area contributed by atoms with E-state index in [1.165, 1.54) is 18.2 Å². The Bertz CT molecular complexity index is 563. The van der Waals surface area contributed by atoms with Crippen molar-refractivity contribution in [1.29, 1.82) is 0 Å². The quantitative estimate of drug-likeness (QED) is 0.386. The number of nitro groups is 1. The summed E-state index contributed by atoms with van der Waals surface area (Å²) in [4.78, 5) is 32.9. The molecular weight excluding hydrogens is 327 g/mol. The van der Waals surface area contributed by atoms with Crippen molar-refractivity contribution in [3.05, 3.63) is 38.3 Å². The van der Waals surface area contributed by atoms with Gasteiger partial charge in [0.15, 0.2) is 0 Å². The highest BCUT2D eigenvalue weighted by Gasteiger charge is 2.41. The molecule has 2 rings (SSSR count). The molecule has 18 heavy (non-hydrogen) atoms. The van der Waals surface area contributed by atoms with Crippen LogP contribution in [0.2, 0.25) is 0 Å². The second-order valence-electron chi connectivity index (χ2n) is 3.70. The molecule has 2 unspecified atom stereocenters. The fraction of sp³-hybridized carbons (Fsp3) is 0.200. The molecule has 0 spiro atoms. The van der Waals surface area contributed by atoms with Crippen LogP contribution in [-0.2, 0) is 9.59 Å². The molecule has 2 atom stereocenters. The van der Waals surface area contributed by atoms with Gasteiger partial charge in [0.1, 0.15) is 5.38 Å². The molecule has 94 valence electrons. The molecule has 6 nitrogen and oxygen atoms in total. The average molecular weight is 334 g/mol. The number of nitrogens with zero attached hydrogens (tertiary/aromatic N) is 1. The van der Waals surface area contributed by atoms with Gasteiger partial charge in [0.25, 0.3) is 5.69 Å². The number of nitrogens with one attached hydrogen (secondary N) is 1. The molecule has 8 heteroatoms. The average Bonchev–Trinajstić information content (AvgIpc) is 2.52. The Morgan fingerprint density at radius 2 is 2.00 bits per heavy atom. The summed E-state index contributed by atoms with van der Waals surface area (Å²) in [5.74, 6) is -1.88. The maximum atomic E-state index is 11.6. The highest BCUT2D eigenvalue weighted by molar-refractivity contribution is 9.10. The lowest BCUT2D eigenvalue weighted by atomic mass is 9.97. The molecule has 1 aromatic carbocycles. The van der Waals surface area contributed by atoms with E-state index in [0.29, 0.717) is 5.56 Å². The van der Waals surface area contributed by atoms with Gasteiger partial charge in [-0.1, -0.05) is 6.07 Å². The van der Waals surface area contributed by atoms with Crippen LogP contribution in [0.4, 0.5) is 5.69 Å². The van der Waals surface area contributed by atoms with Crippen LogP contribution in [0.25, 0.3) is 0 Å². The van der Waals surface area contributed by atoms with Crippen LogP contribution in [0.1, 0.15) is 11.5 Å².